The van der Waals surface area contributed by atoms with Gasteiger partial charge in [-0.15, -0.1) is 11.3 Å². The van der Waals surface area contributed by atoms with Gasteiger partial charge in [-0.05, 0) is 50.3 Å². The predicted molar refractivity (Wildman–Crippen MR) is 92.5 cm³/mol. The van der Waals surface area contributed by atoms with Crippen LogP contribution in [0.1, 0.15) is 34.8 Å². The molecule has 116 valence electrons. The number of hydrogen-bond donors (Lipinski definition) is 0. The van der Waals surface area contributed by atoms with Crippen molar-refractivity contribution in [3.8, 4) is 0 Å². The van der Waals surface area contributed by atoms with Crippen molar-refractivity contribution in [3.05, 3.63) is 56.7 Å². The zero-order valence-electron chi connectivity index (χ0n) is 12.8. The summed E-state index contributed by atoms with van der Waals surface area (Å²) in [5, 5.41) is 5.07. The van der Waals surface area contributed by atoms with Crippen molar-refractivity contribution >= 4 is 27.8 Å². The van der Waals surface area contributed by atoms with Crippen LogP contribution in [0.4, 0.5) is 0 Å². The van der Waals surface area contributed by atoms with Gasteiger partial charge in [-0.1, -0.05) is 6.07 Å². The van der Waals surface area contributed by atoms with Gasteiger partial charge in [0.2, 0.25) is 0 Å². The molecule has 0 aromatic carbocycles. The van der Waals surface area contributed by atoms with E-state index in [9.17, 15) is 4.79 Å². The molecule has 0 amide bonds. The van der Waals surface area contributed by atoms with Crippen molar-refractivity contribution in [1.82, 2.24) is 14.6 Å². The second-order valence-corrected chi connectivity index (χ2v) is 6.75. The van der Waals surface area contributed by atoms with E-state index < -0.39 is 0 Å². The highest BCUT2D eigenvalue weighted by atomic mass is 32.1. The molecule has 0 radical (unpaired) electrons. The summed E-state index contributed by atoms with van der Waals surface area (Å²) in [4.78, 5) is 23.9. The summed E-state index contributed by atoms with van der Waals surface area (Å²) in [6, 6.07) is 5.59. The van der Waals surface area contributed by atoms with Crippen molar-refractivity contribution in [3.63, 3.8) is 0 Å². The SMILES string of the molecule is Cc1nc2sc3c(c2c(=O)n1/N=C/c1ccccn1)CCCC3. The maximum atomic E-state index is 12.9. The van der Waals surface area contributed by atoms with E-state index in [1.54, 1.807) is 23.7 Å². The highest BCUT2D eigenvalue weighted by Crippen LogP contribution is 2.33. The van der Waals surface area contributed by atoms with Gasteiger partial charge in [0.25, 0.3) is 5.56 Å². The third-order valence-corrected chi connectivity index (χ3v) is 5.31. The van der Waals surface area contributed by atoms with Crippen LogP contribution in [0.2, 0.25) is 0 Å². The average molecular weight is 324 g/mol. The van der Waals surface area contributed by atoms with E-state index in [4.69, 9.17) is 0 Å². The normalized spacial score (nSPS) is 14.5. The summed E-state index contributed by atoms with van der Waals surface area (Å²) in [6.07, 6.45) is 7.67. The lowest BCUT2D eigenvalue weighted by Gasteiger charge is -2.10. The quantitative estimate of drug-likeness (QED) is 0.681. The minimum atomic E-state index is -0.0703. The van der Waals surface area contributed by atoms with Gasteiger partial charge >= 0.3 is 0 Å². The first-order valence-corrected chi connectivity index (χ1v) is 8.55. The predicted octanol–water partition coefficient (Wildman–Crippen LogP) is 2.92. The molecule has 3 aromatic heterocycles. The molecule has 3 aromatic rings. The van der Waals surface area contributed by atoms with Crippen molar-refractivity contribution in [1.29, 1.82) is 0 Å². The Kier molecular flexibility index (Phi) is 3.53. The topological polar surface area (TPSA) is 60.1 Å². The fourth-order valence-corrected chi connectivity index (χ4v) is 4.30. The molecule has 0 saturated heterocycles. The molecule has 0 atom stereocenters. The minimum Gasteiger partial charge on any atom is -0.267 e. The number of aromatic nitrogens is 3. The summed E-state index contributed by atoms with van der Waals surface area (Å²) in [5.74, 6) is 0.605. The molecular weight excluding hydrogens is 308 g/mol. The summed E-state index contributed by atoms with van der Waals surface area (Å²) >= 11 is 1.66. The van der Waals surface area contributed by atoms with Gasteiger partial charge in [0.1, 0.15) is 10.7 Å². The first kappa shape index (κ1) is 14.3. The molecule has 1 aliphatic carbocycles. The fraction of sp³-hybridized carbons (Fsp3) is 0.294. The maximum absolute atomic E-state index is 12.9. The van der Waals surface area contributed by atoms with E-state index in [1.165, 1.54) is 21.5 Å². The molecule has 5 nitrogen and oxygen atoms in total. The number of nitrogens with zero attached hydrogens (tertiary/aromatic N) is 4. The molecule has 0 fully saturated rings. The van der Waals surface area contributed by atoms with Crippen LogP contribution < -0.4 is 5.56 Å². The van der Waals surface area contributed by atoms with Crippen LogP contribution in [0.5, 0.6) is 0 Å². The standard InChI is InChI=1S/C17H16N4OS/c1-11-20-16-15(13-7-2-3-8-14(13)23-16)17(22)21(11)19-10-12-6-4-5-9-18-12/h4-6,9-10H,2-3,7-8H2,1H3/b19-10+. The zero-order valence-corrected chi connectivity index (χ0v) is 13.6. The number of thiophene rings is 1. The first-order chi connectivity index (χ1) is 11.2. The smallest absolute Gasteiger partial charge is 0.267 e. The Morgan fingerprint density at radius 1 is 1.30 bits per heavy atom. The van der Waals surface area contributed by atoms with Crippen LogP contribution in [-0.4, -0.2) is 20.9 Å². The lowest BCUT2D eigenvalue weighted by atomic mass is 9.97. The summed E-state index contributed by atoms with van der Waals surface area (Å²) in [7, 11) is 0. The molecule has 6 heteroatoms. The molecule has 0 bridgehead atoms. The Balaban J connectivity index is 1.87. The van der Waals surface area contributed by atoms with E-state index in [0.717, 1.165) is 29.5 Å². The summed E-state index contributed by atoms with van der Waals surface area (Å²) in [6.45, 7) is 1.81. The molecule has 23 heavy (non-hydrogen) atoms. The average Bonchev–Trinajstić information content (AvgIpc) is 2.93. The number of rotatable bonds is 2. The van der Waals surface area contributed by atoms with Crippen molar-refractivity contribution < 1.29 is 0 Å². The Hall–Kier alpha value is -2.34. The molecule has 0 unspecified atom stereocenters. The third kappa shape index (κ3) is 2.49. The lowest BCUT2D eigenvalue weighted by Crippen LogP contribution is -2.21. The van der Waals surface area contributed by atoms with E-state index in [1.807, 2.05) is 25.1 Å². The highest BCUT2D eigenvalue weighted by Gasteiger charge is 2.20. The second kappa shape index (κ2) is 5.70. The zero-order chi connectivity index (χ0) is 15.8. The van der Waals surface area contributed by atoms with Gasteiger partial charge in [-0.3, -0.25) is 9.78 Å². The van der Waals surface area contributed by atoms with Gasteiger partial charge in [-0.25, -0.2) is 4.98 Å². The third-order valence-electron chi connectivity index (χ3n) is 4.12. The molecule has 1 aliphatic rings. The summed E-state index contributed by atoms with van der Waals surface area (Å²) < 4.78 is 1.39. The van der Waals surface area contributed by atoms with Gasteiger partial charge in [0, 0.05) is 11.1 Å². The monoisotopic (exact) mass is 324 g/mol. The van der Waals surface area contributed by atoms with Crippen LogP contribution in [0, 0.1) is 6.92 Å². The van der Waals surface area contributed by atoms with Crippen LogP contribution in [-0.2, 0) is 12.8 Å². The number of fused-ring (bicyclic) bond motifs is 3. The van der Waals surface area contributed by atoms with Crippen molar-refractivity contribution in [2.24, 2.45) is 5.10 Å². The fourth-order valence-electron chi connectivity index (χ4n) is 3.00. The van der Waals surface area contributed by atoms with E-state index in [-0.39, 0.29) is 5.56 Å². The van der Waals surface area contributed by atoms with E-state index >= 15 is 0 Å². The van der Waals surface area contributed by atoms with Crippen LogP contribution >= 0.6 is 11.3 Å². The second-order valence-electron chi connectivity index (χ2n) is 5.67. The Morgan fingerprint density at radius 2 is 2.17 bits per heavy atom. The van der Waals surface area contributed by atoms with Crippen molar-refractivity contribution in [2.75, 3.05) is 0 Å². The lowest BCUT2D eigenvalue weighted by molar-refractivity contribution is 0.698. The molecule has 4 rings (SSSR count). The van der Waals surface area contributed by atoms with Gasteiger partial charge in [0.05, 0.1) is 17.3 Å². The minimum absolute atomic E-state index is 0.0703. The number of pyridine rings is 1. The molecule has 0 N–H and O–H groups in total. The molecule has 0 saturated carbocycles. The first-order valence-electron chi connectivity index (χ1n) is 7.73. The largest absolute Gasteiger partial charge is 0.283 e. The molecular formula is C17H16N4OS. The van der Waals surface area contributed by atoms with Crippen LogP contribution in [0.15, 0.2) is 34.3 Å². The molecule has 0 aliphatic heterocycles. The highest BCUT2D eigenvalue weighted by molar-refractivity contribution is 7.18. The van der Waals surface area contributed by atoms with Crippen LogP contribution in [0.3, 0.4) is 0 Å². The van der Waals surface area contributed by atoms with Gasteiger partial charge < -0.3 is 0 Å². The van der Waals surface area contributed by atoms with E-state index in [0.29, 0.717) is 11.5 Å². The van der Waals surface area contributed by atoms with Gasteiger partial charge in [-0.2, -0.15) is 9.78 Å². The molecule has 3 heterocycles. The molecule has 0 spiro atoms. The Morgan fingerprint density at radius 3 is 3.00 bits per heavy atom. The maximum Gasteiger partial charge on any atom is 0.283 e. The number of hydrogen-bond acceptors (Lipinski definition) is 5. The van der Waals surface area contributed by atoms with Crippen LogP contribution in [0.25, 0.3) is 10.2 Å². The summed E-state index contributed by atoms with van der Waals surface area (Å²) in [5.41, 5.74) is 1.83. The van der Waals surface area contributed by atoms with E-state index in [2.05, 4.69) is 15.1 Å². The number of aryl methyl sites for hydroxylation is 3. The Labute approximate surface area is 137 Å². The van der Waals surface area contributed by atoms with Gasteiger partial charge in [0.15, 0.2) is 0 Å². The Bertz CT molecular complexity index is 956. The van der Waals surface area contributed by atoms with Crippen molar-refractivity contribution in [2.45, 2.75) is 32.6 Å².